The number of hydrogen-bond donors (Lipinski definition) is 2. The third-order valence-electron chi connectivity index (χ3n) is 6.86. The monoisotopic (exact) mass is 431 g/mol. The van der Waals surface area contributed by atoms with Crippen molar-refractivity contribution in [3.63, 3.8) is 0 Å². The van der Waals surface area contributed by atoms with E-state index in [1.54, 1.807) is 4.90 Å². The Balaban J connectivity index is 1.40. The summed E-state index contributed by atoms with van der Waals surface area (Å²) in [6.45, 7) is 1.21. The van der Waals surface area contributed by atoms with E-state index in [0.29, 0.717) is 31.3 Å². The van der Waals surface area contributed by atoms with Crippen molar-refractivity contribution in [2.24, 2.45) is 5.41 Å². The van der Waals surface area contributed by atoms with Crippen LogP contribution in [0.3, 0.4) is 0 Å². The van der Waals surface area contributed by atoms with E-state index in [1.807, 2.05) is 0 Å². The van der Waals surface area contributed by atoms with Crippen LogP contribution in [0.15, 0.2) is 24.5 Å². The number of alkyl halides is 2. The number of likely N-dealkylation sites (tertiary alicyclic amines) is 1. The molecule has 0 radical (unpaired) electrons. The Kier molecular flexibility index (Phi) is 5.58. The third kappa shape index (κ3) is 4.94. The number of nitriles is 1. The lowest BCUT2D eigenvalue weighted by Crippen LogP contribution is -2.54. The lowest BCUT2D eigenvalue weighted by atomic mass is 9.94. The van der Waals surface area contributed by atoms with Crippen LogP contribution < -0.4 is 10.6 Å². The Bertz CT molecular complexity index is 868. The molecule has 1 aromatic rings. The quantitative estimate of drug-likeness (QED) is 0.693. The minimum absolute atomic E-state index is 0.186. The molecule has 166 valence electrons. The van der Waals surface area contributed by atoms with Crippen molar-refractivity contribution in [2.45, 2.75) is 68.9 Å². The molecule has 2 saturated carbocycles. The van der Waals surface area contributed by atoms with Crippen LogP contribution >= 0.6 is 0 Å². The lowest BCUT2D eigenvalue weighted by molar-refractivity contribution is -0.124. The number of aromatic nitrogens is 1. The van der Waals surface area contributed by atoms with E-state index in [-0.39, 0.29) is 12.0 Å². The van der Waals surface area contributed by atoms with Gasteiger partial charge in [-0.1, -0.05) is 0 Å². The molecular formula is C22H27F2N5O2. The van der Waals surface area contributed by atoms with Gasteiger partial charge in [0.1, 0.15) is 11.6 Å². The minimum atomic E-state index is -3.16. The van der Waals surface area contributed by atoms with E-state index < -0.39 is 35.9 Å². The Morgan fingerprint density at radius 2 is 1.81 bits per heavy atom. The normalized spacial score (nSPS) is 21.6. The number of urea groups is 1. The van der Waals surface area contributed by atoms with Crippen LogP contribution in [0.1, 0.15) is 56.9 Å². The Hall–Kier alpha value is -2.76. The molecule has 3 aliphatic rings. The maximum atomic E-state index is 14.6. The number of rotatable bonds is 7. The predicted octanol–water partition coefficient (Wildman–Crippen LogP) is 3.08. The number of pyridine rings is 1. The molecule has 9 heteroatoms. The highest BCUT2D eigenvalue weighted by molar-refractivity contribution is 5.88. The fraction of sp³-hybridized carbons (Fsp3) is 0.636. The smallest absolute Gasteiger partial charge is 0.318 e. The van der Waals surface area contributed by atoms with Crippen molar-refractivity contribution in [2.75, 3.05) is 13.1 Å². The first-order chi connectivity index (χ1) is 14.8. The number of halogens is 2. The van der Waals surface area contributed by atoms with Gasteiger partial charge < -0.3 is 15.5 Å². The van der Waals surface area contributed by atoms with Gasteiger partial charge in [-0.2, -0.15) is 5.26 Å². The molecule has 2 heterocycles. The zero-order chi connectivity index (χ0) is 22.1. The largest absolute Gasteiger partial charge is 0.336 e. The lowest BCUT2D eigenvalue weighted by Gasteiger charge is -2.33. The molecule has 31 heavy (non-hydrogen) atoms. The van der Waals surface area contributed by atoms with Crippen LogP contribution in [0.5, 0.6) is 0 Å². The van der Waals surface area contributed by atoms with Gasteiger partial charge in [0, 0.05) is 37.5 Å². The van der Waals surface area contributed by atoms with Gasteiger partial charge in [-0.15, -0.1) is 0 Å². The summed E-state index contributed by atoms with van der Waals surface area (Å²) >= 11 is 0. The molecule has 0 bridgehead atoms. The number of hydrogen-bond acceptors (Lipinski definition) is 4. The standard InChI is InChI=1S/C22H27F2N5O2/c23-22(24,16-2-11-26-12-3-16)4-1-17(18(30)28-21(15-25)7-8-21)27-19(31)29-13-9-20(5-6-20)10-14-29/h2-3,11-12,17H,1,4-10,13-14H2,(H,27,31)(H,28,30). The van der Waals surface area contributed by atoms with Gasteiger partial charge in [0.25, 0.3) is 5.92 Å². The Morgan fingerprint density at radius 3 is 2.35 bits per heavy atom. The molecule has 1 aromatic heterocycles. The molecule has 1 atom stereocenters. The molecule has 1 aliphatic heterocycles. The first kappa shape index (κ1) is 21.5. The van der Waals surface area contributed by atoms with Crippen molar-refractivity contribution in [1.29, 1.82) is 5.26 Å². The summed E-state index contributed by atoms with van der Waals surface area (Å²) in [7, 11) is 0. The molecule has 3 fully saturated rings. The average molecular weight is 431 g/mol. The molecule has 7 nitrogen and oxygen atoms in total. The first-order valence-corrected chi connectivity index (χ1v) is 10.8. The zero-order valence-electron chi connectivity index (χ0n) is 17.4. The summed E-state index contributed by atoms with van der Waals surface area (Å²) in [4.78, 5) is 31.0. The highest BCUT2D eigenvalue weighted by Gasteiger charge is 2.47. The second-order valence-electron chi connectivity index (χ2n) is 9.15. The van der Waals surface area contributed by atoms with Crippen molar-refractivity contribution in [3.05, 3.63) is 30.1 Å². The minimum Gasteiger partial charge on any atom is -0.336 e. The number of piperidine rings is 1. The average Bonchev–Trinajstić information content (AvgIpc) is 3.70. The van der Waals surface area contributed by atoms with E-state index in [4.69, 9.17) is 0 Å². The van der Waals surface area contributed by atoms with Crippen molar-refractivity contribution >= 4 is 11.9 Å². The second kappa shape index (κ2) is 8.06. The van der Waals surface area contributed by atoms with Crippen LogP contribution in [0.2, 0.25) is 0 Å². The van der Waals surface area contributed by atoms with E-state index in [0.717, 1.165) is 12.8 Å². The molecule has 1 unspecified atom stereocenters. The summed E-state index contributed by atoms with van der Waals surface area (Å²) < 4.78 is 29.3. The highest BCUT2D eigenvalue weighted by Crippen LogP contribution is 2.53. The van der Waals surface area contributed by atoms with Gasteiger partial charge in [-0.05, 0) is 62.5 Å². The van der Waals surface area contributed by atoms with E-state index in [9.17, 15) is 23.6 Å². The Labute approximate surface area is 180 Å². The zero-order valence-corrected chi connectivity index (χ0v) is 17.4. The number of carbonyl (C=O) groups is 2. The number of nitrogens with zero attached hydrogens (tertiary/aromatic N) is 3. The van der Waals surface area contributed by atoms with E-state index in [2.05, 4.69) is 21.7 Å². The molecule has 1 spiro atoms. The fourth-order valence-corrected chi connectivity index (χ4v) is 4.15. The first-order valence-electron chi connectivity index (χ1n) is 10.8. The molecule has 0 aromatic carbocycles. The molecular weight excluding hydrogens is 404 g/mol. The van der Waals surface area contributed by atoms with E-state index in [1.165, 1.54) is 37.4 Å². The fourth-order valence-electron chi connectivity index (χ4n) is 4.15. The maximum absolute atomic E-state index is 14.6. The van der Waals surface area contributed by atoms with Gasteiger partial charge in [0.05, 0.1) is 6.07 Å². The third-order valence-corrected chi connectivity index (χ3v) is 6.86. The molecule has 1 saturated heterocycles. The topological polar surface area (TPSA) is 98.1 Å². The molecule has 2 N–H and O–H groups in total. The van der Waals surface area contributed by atoms with Crippen LogP contribution in [0, 0.1) is 16.7 Å². The molecule has 2 aliphatic carbocycles. The van der Waals surface area contributed by atoms with Crippen LogP contribution in [-0.2, 0) is 10.7 Å². The van der Waals surface area contributed by atoms with Gasteiger partial charge in [0.2, 0.25) is 5.91 Å². The maximum Gasteiger partial charge on any atom is 0.318 e. The van der Waals surface area contributed by atoms with Gasteiger partial charge in [0.15, 0.2) is 0 Å². The summed E-state index contributed by atoms with van der Waals surface area (Å²) in [5.41, 5.74) is -0.725. The van der Waals surface area contributed by atoms with Crippen LogP contribution in [0.25, 0.3) is 0 Å². The highest BCUT2D eigenvalue weighted by atomic mass is 19.3. The number of nitrogens with one attached hydrogen (secondary N) is 2. The SMILES string of the molecule is N#CC1(NC(=O)C(CCC(F)(F)c2ccncc2)NC(=O)N2CCC3(CC2)CC3)CC1. The molecule has 3 amide bonds. The summed E-state index contributed by atoms with van der Waals surface area (Å²) in [6, 6.07) is 2.99. The summed E-state index contributed by atoms with van der Waals surface area (Å²) in [6.07, 6.45) is 7.06. The van der Waals surface area contributed by atoms with Gasteiger partial charge >= 0.3 is 6.03 Å². The van der Waals surface area contributed by atoms with Crippen molar-refractivity contribution in [1.82, 2.24) is 20.5 Å². The molecule has 4 rings (SSSR count). The number of carbonyl (C=O) groups excluding carboxylic acids is 2. The van der Waals surface area contributed by atoms with E-state index >= 15 is 0 Å². The second-order valence-corrected chi connectivity index (χ2v) is 9.15. The van der Waals surface area contributed by atoms with Crippen LogP contribution in [0.4, 0.5) is 13.6 Å². The van der Waals surface area contributed by atoms with Gasteiger partial charge in [-0.3, -0.25) is 9.78 Å². The van der Waals surface area contributed by atoms with Crippen LogP contribution in [-0.4, -0.2) is 46.5 Å². The summed E-state index contributed by atoms with van der Waals surface area (Å²) in [5, 5.41) is 14.5. The summed E-state index contributed by atoms with van der Waals surface area (Å²) in [5.74, 6) is -3.75. The number of amides is 3. The van der Waals surface area contributed by atoms with Crippen molar-refractivity contribution in [3.8, 4) is 6.07 Å². The van der Waals surface area contributed by atoms with Crippen molar-refractivity contribution < 1.29 is 18.4 Å². The van der Waals surface area contributed by atoms with Gasteiger partial charge in [-0.25, -0.2) is 13.6 Å². The Morgan fingerprint density at radius 1 is 1.16 bits per heavy atom. The predicted molar refractivity (Wildman–Crippen MR) is 108 cm³/mol.